The Hall–Kier alpha value is -0.260. The van der Waals surface area contributed by atoms with E-state index in [1.165, 1.54) is 0 Å². The number of carbonyl (C=O) groups excluding carboxylic acids is 1. The highest BCUT2D eigenvalue weighted by molar-refractivity contribution is 7.99. The van der Waals surface area contributed by atoms with Gasteiger partial charge in [-0.15, -0.1) is 0 Å². The van der Waals surface area contributed by atoms with E-state index in [1.807, 2.05) is 6.92 Å². The first kappa shape index (κ1) is 13.7. The van der Waals surface area contributed by atoms with Gasteiger partial charge in [0.1, 0.15) is 0 Å². The topological polar surface area (TPSA) is 75.3 Å². The molecule has 0 radical (unpaired) electrons. The van der Waals surface area contributed by atoms with E-state index in [-0.39, 0.29) is 18.6 Å². The van der Waals surface area contributed by atoms with Crippen molar-refractivity contribution >= 4 is 17.7 Å². The Bertz CT molecular complexity index is 156. The molecule has 1 atom stereocenters. The fourth-order valence-corrected chi connectivity index (χ4v) is 1.77. The molecule has 5 heteroatoms. The average molecular weight is 220 g/mol. The first-order chi connectivity index (χ1) is 6.72. The number of aliphatic hydroxyl groups excluding tert-OH is 1. The molecule has 0 spiro atoms. The average Bonchev–Trinajstić information content (AvgIpc) is 2.16. The molecule has 0 aromatic rings. The molecular weight excluding hydrogens is 200 g/mol. The summed E-state index contributed by atoms with van der Waals surface area (Å²) in [7, 11) is 0. The minimum atomic E-state index is -0.289. The smallest absolute Gasteiger partial charge is 0.234 e. The van der Waals surface area contributed by atoms with Crippen molar-refractivity contribution in [2.45, 2.75) is 25.8 Å². The first-order valence-corrected chi connectivity index (χ1v) is 6.09. The molecule has 0 aromatic carbocycles. The van der Waals surface area contributed by atoms with Crippen LogP contribution in [0.2, 0.25) is 0 Å². The summed E-state index contributed by atoms with van der Waals surface area (Å²) in [5.74, 6) is 1.28. The number of amides is 1. The second-order valence-electron chi connectivity index (χ2n) is 3.03. The number of thioether (sulfide) groups is 1. The van der Waals surface area contributed by atoms with Crippen LogP contribution in [0.1, 0.15) is 19.8 Å². The molecule has 0 saturated heterocycles. The van der Waals surface area contributed by atoms with E-state index in [1.54, 1.807) is 11.8 Å². The van der Waals surface area contributed by atoms with Crippen LogP contribution in [0.15, 0.2) is 0 Å². The molecule has 0 rings (SSSR count). The van der Waals surface area contributed by atoms with Crippen molar-refractivity contribution in [1.29, 1.82) is 0 Å². The zero-order chi connectivity index (χ0) is 10.8. The van der Waals surface area contributed by atoms with Gasteiger partial charge in [-0.3, -0.25) is 4.79 Å². The summed E-state index contributed by atoms with van der Waals surface area (Å²) in [5, 5.41) is 11.6. The Morgan fingerprint density at radius 1 is 1.57 bits per heavy atom. The second-order valence-corrected chi connectivity index (χ2v) is 4.26. The van der Waals surface area contributed by atoms with Crippen LogP contribution in [0, 0.1) is 0 Å². The van der Waals surface area contributed by atoms with Crippen LogP contribution in [-0.4, -0.2) is 41.7 Å². The highest BCUT2D eigenvalue weighted by Gasteiger charge is 2.12. The summed E-state index contributed by atoms with van der Waals surface area (Å²) >= 11 is 1.63. The van der Waals surface area contributed by atoms with Crippen LogP contribution in [0.3, 0.4) is 0 Å². The summed E-state index contributed by atoms with van der Waals surface area (Å²) in [5.41, 5.74) is 5.23. The molecule has 0 aromatic heterocycles. The van der Waals surface area contributed by atoms with Crippen molar-refractivity contribution < 1.29 is 9.90 Å². The number of aliphatic hydroxyl groups is 1. The number of nitrogens with one attached hydrogen (secondary N) is 1. The van der Waals surface area contributed by atoms with E-state index in [4.69, 9.17) is 10.8 Å². The fraction of sp³-hybridized carbons (Fsp3) is 0.889. The van der Waals surface area contributed by atoms with Gasteiger partial charge in [-0.25, -0.2) is 0 Å². The molecule has 1 unspecified atom stereocenters. The maximum absolute atomic E-state index is 11.0. The summed E-state index contributed by atoms with van der Waals surface area (Å²) in [6, 6.07) is -0.221. The second kappa shape index (κ2) is 9.30. The quantitative estimate of drug-likeness (QED) is 0.476. The van der Waals surface area contributed by atoms with E-state index in [0.717, 1.165) is 30.9 Å². The molecule has 0 bridgehead atoms. The first-order valence-electron chi connectivity index (χ1n) is 4.93. The van der Waals surface area contributed by atoms with Gasteiger partial charge in [0.15, 0.2) is 0 Å². The van der Waals surface area contributed by atoms with Crippen molar-refractivity contribution in [3.8, 4) is 0 Å². The van der Waals surface area contributed by atoms with Crippen LogP contribution in [0.5, 0.6) is 0 Å². The van der Waals surface area contributed by atoms with Gasteiger partial charge in [0.25, 0.3) is 0 Å². The number of carbonyl (C=O) groups is 1. The van der Waals surface area contributed by atoms with Gasteiger partial charge in [-0.1, -0.05) is 6.92 Å². The monoisotopic (exact) mass is 220 g/mol. The van der Waals surface area contributed by atoms with Crippen LogP contribution >= 0.6 is 11.8 Å². The lowest BCUT2D eigenvalue weighted by atomic mass is 10.2. The van der Waals surface area contributed by atoms with Crippen LogP contribution in [0.4, 0.5) is 0 Å². The predicted molar refractivity (Wildman–Crippen MR) is 60.3 cm³/mol. The molecule has 84 valence electrons. The zero-order valence-electron chi connectivity index (χ0n) is 8.66. The third-order valence-electron chi connectivity index (χ3n) is 1.77. The van der Waals surface area contributed by atoms with Crippen molar-refractivity contribution in [2.75, 3.05) is 24.7 Å². The number of nitrogens with two attached hydrogens (primary N) is 1. The van der Waals surface area contributed by atoms with E-state index < -0.39 is 0 Å². The van der Waals surface area contributed by atoms with Gasteiger partial charge in [0, 0.05) is 5.75 Å². The number of hydrogen-bond donors (Lipinski definition) is 3. The van der Waals surface area contributed by atoms with Crippen LogP contribution < -0.4 is 11.1 Å². The van der Waals surface area contributed by atoms with E-state index in [2.05, 4.69) is 5.32 Å². The van der Waals surface area contributed by atoms with Crippen LogP contribution in [0.25, 0.3) is 0 Å². The van der Waals surface area contributed by atoms with Crippen molar-refractivity contribution in [3.63, 3.8) is 0 Å². The predicted octanol–water partition coefficient (Wildman–Crippen LogP) is -0.0445. The molecule has 0 aliphatic rings. The van der Waals surface area contributed by atoms with Gasteiger partial charge < -0.3 is 16.2 Å². The zero-order valence-corrected chi connectivity index (χ0v) is 9.48. The minimum Gasteiger partial charge on any atom is -0.396 e. The summed E-state index contributed by atoms with van der Waals surface area (Å²) < 4.78 is 0. The van der Waals surface area contributed by atoms with E-state index >= 15 is 0 Å². The standard InChI is InChI=1S/C9H20N2O2S/c1-2-4-11-8(9(10)13)3-6-14-7-5-12/h8,11-12H,2-7H2,1H3,(H2,10,13). The minimum absolute atomic E-state index is 0.189. The van der Waals surface area contributed by atoms with Crippen molar-refractivity contribution in [2.24, 2.45) is 5.73 Å². The third-order valence-corrected chi connectivity index (χ3v) is 2.77. The Balaban J connectivity index is 3.57. The molecule has 0 heterocycles. The highest BCUT2D eigenvalue weighted by Crippen LogP contribution is 2.04. The molecule has 0 aliphatic heterocycles. The van der Waals surface area contributed by atoms with Gasteiger partial charge in [-0.05, 0) is 25.1 Å². The number of rotatable bonds is 9. The Labute approximate surface area is 89.6 Å². The summed E-state index contributed by atoms with van der Waals surface area (Å²) in [6.07, 6.45) is 1.73. The van der Waals surface area contributed by atoms with E-state index in [9.17, 15) is 4.79 Å². The molecule has 4 nitrogen and oxygen atoms in total. The fourth-order valence-electron chi connectivity index (χ4n) is 1.03. The molecule has 0 fully saturated rings. The highest BCUT2D eigenvalue weighted by atomic mass is 32.2. The largest absolute Gasteiger partial charge is 0.396 e. The Morgan fingerprint density at radius 3 is 2.79 bits per heavy atom. The third kappa shape index (κ3) is 7.17. The van der Waals surface area contributed by atoms with Gasteiger partial charge in [0.2, 0.25) is 5.91 Å². The van der Waals surface area contributed by atoms with Gasteiger partial charge in [0.05, 0.1) is 12.6 Å². The van der Waals surface area contributed by atoms with Crippen LogP contribution in [-0.2, 0) is 4.79 Å². The molecule has 1 amide bonds. The lowest BCUT2D eigenvalue weighted by Gasteiger charge is -2.14. The lowest BCUT2D eigenvalue weighted by Crippen LogP contribution is -2.42. The number of hydrogen-bond acceptors (Lipinski definition) is 4. The summed E-state index contributed by atoms with van der Waals surface area (Å²) in [4.78, 5) is 11.0. The SMILES string of the molecule is CCCNC(CCSCCO)C(N)=O. The van der Waals surface area contributed by atoms with Gasteiger partial charge in [-0.2, -0.15) is 11.8 Å². The Kier molecular flexibility index (Phi) is 9.13. The van der Waals surface area contributed by atoms with Crippen molar-refractivity contribution in [3.05, 3.63) is 0 Å². The molecule has 14 heavy (non-hydrogen) atoms. The van der Waals surface area contributed by atoms with Gasteiger partial charge >= 0.3 is 0 Å². The number of primary amides is 1. The molecule has 0 aliphatic carbocycles. The normalized spacial score (nSPS) is 12.7. The maximum Gasteiger partial charge on any atom is 0.234 e. The molecular formula is C9H20N2O2S. The maximum atomic E-state index is 11.0. The molecule has 4 N–H and O–H groups in total. The van der Waals surface area contributed by atoms with E-state index in [0.29, 0.717) is 0 Å². The van der Waals surface area contributed by atoms with Crippen molar-refractivity contribution in [1.82, 2.24) is 5.32 Å². The lowest BCUT2D eigenvalue weighted by molar-refractivity contribution is -0.120. The molecule has 0 saturated carbocycles. The summed E-state index contributed by atoms with van der Waals surface area (Å²) in [6.45, 7) is 3.05. The Morgan fingerprint density at radius 2 is 2.29 bits per heavy atom.